The van der Waals surface area contributed by atoms with E-state index in [1.54, 1.807) is 6.07 Å². The molecule has 1 aromatic carbocycles. The topological polar surface area (TPSA) is 53.7 Å². The largest absolute Gasteiger partial charge is 0.490 e. The first kappa shape index (κ1) is 15.5. The van der Waals surface area contributed by atoms with Crippen molar-refractivity contribution in [2.24, 2.45) is 0 Å². The van der Waals surface area contributed by atoms with Crippen LogP contribution in [0.3, 0.4) is 0 Å². The second-order valence-electron chi connectivity index (χ2n) is 4.36. The lowest BCUT2D eigenvalue weighted by Crippen LogP contribution is -2.06. The van der Waals surface area contributed by atoms with Gasteiger partial charge in [0.15, 0.2) is 11.5 Å². The second kappa shape index (κ2) is 8.51. The maximum Gasteiger partial charge on any atom is 0.205 e. The fraction of sp³-hybridized carbons (Fsp3) is 0.600. The maximum atomic E-state index is 5.97. The molecule has 0 atom stereocenters. The summed E-state index contributed by atoms with van der Waals surface area (Å²) >= 11 is 0. The molecule has 0 aliphatic rings. The lowest BCUT2D eigenvalue weighted by atomic mass is 10.2. The van der Waals surface area contributed by atoms with Crippen LogP contribution in [-0.4, -0.2) is 19.8 Å². The van der Waals surface area contributed by atoms with E-state index >= 15 is 0 Å². The molecule has 0 fully saturated rings. The van der Waals surface area contributed by atoms with Crippen LogP contribution in [0, 0.1) is 0 Å². The van der Waals surface area contributed by atoms with E-state index in [1.165, 1.54) is 0 Å². The predicted molar refractivity (Wildman–Crippen MR) is 78.2 cm³/mol. The molecule has 4 heteroatoms. The Morgan fingerprint density at radius 3 is 1.89 bits per heavy atom. The molecule has 0 bridgehead atoms. The minimum Gasteiger partial charge on any atom is -0.490 e. The first-order valence-corrected chi connectivity index (χ1v) is 7.05. The predicted octanol–water partition coefficient (Wildman–Crippen LogP) is 3.64. The molecule has 4 nitrogen and oxygen atoms in total. The zero-order valence-electron chi connectivity index (χ0n) is 12.2. The minimum atomic E-state index is 0.586. The number of nitrogen functional groups attached to an aromatic ring is 1. The third-order valence-corrected chi connectivity index (χ3v) is 2.47. The minimum absolute atomic E-state index is 0.586. The molecule has 0 saturated heterocycles. The third kappa shape index (κ3) is 4.54. The van der Waals surface area contributed by atoms with Gasteiger partial charge in [-0.15, -0.1) is 0 Å². The van der Waals surface area contributed by atoms with Crippen LogP contribution in [0.1, 0.15) is 40.0 Å². The van der Waals surface area contributed by atoms with Gasteiger partial charge in [0.25, 0.3) is 0 Å². The average molecular weight is 267 g/mol. The van der Waals surface area contributed by atoms with Crippen molar-refractivity contribution >= 4 is 5.69 Å². The first-order chi connectivity index (χ1) is 9.24. The van der Waals surface area contributed by atoms with E-state index in [2.05, 4.69) is 20.8 Å². The van der Waals surface area contributed by atoms with Gasteiger partial charge in [-0.1, -0.05) is 20.8 Å². The Morgan fingerprint density at radius 2 is 1.32 bits per heavy atom. The van der Waals surface area contributed by atoms with Gasteiger partial charge in [-0.25, -0.2) is 0 Å². The summed E-state index contributed by atoms with van der Waals surface area (Å²) in [6.07, 6.45) is 2.80. The van der Waals surface area contributed by atoms with Crippen molar-refractivity contribution in [2.45, 2.75) is 40.0 Å². The van der Waals surface area contributed by atoms with Crippen LogP contribution in [-0.2, 0) is 0 Å². The number of ether oxygens (including phenoxy) is 3. The number of benzene rings is 1. The summed E-state index contributed by atoms with van der Waals surface area (Å²) in [7, 11) is 0. The molecule has 1 aromatic rings. The monoisotopic (exact) mass is 267 g/mol. The standard InChI is InChI=1S/C15H25NO3/c1-4-9-17-13-8-7-12(16)14(18-10-5-2)15(13)19-11-6-3/h7-8H,4-6,9-11,16H2,1-3H3. The highest BCUT2D eigenvalue weighted by Gasteiger charge is 2.16. The summed E-state index contributed by atoms with van der Waals surface area (Å²) in [5.41, 5.74) is 6.56. The number of rotatable bonds is 9. The molecule has 19 heavy (non-hydrogen) atoms. The number of hydrogen-bond acceptors (Lipinski definition) is 4. The van der Waals surface area contributed by atoms with Gasteiger partial charge >= 0.3 is 0 Å². The molecular weight excluding hydrogens is 242 g/mol. The molecule has 0 radical (unpaired) electrons. The van der Waals surface area contributed by atoms with Crippen LogP contribution >= 0.6 is 0 Å². The molecule has 0 aromatic heterocycles. The lowest BCUT2D eigenvalue weighted by molar-refractivity contribution is 0.244. The molecule has 0 heterocycles. The van der Waals surface area contributed by atoms with Crippen LogP contribution in [0.15, 0.2) is 12.1 Å². The van der Waals surface area contributed by atoms with E-state index in [-0.39, 0.29) is 0 Å². The van der Waals surface area contributed by atoms with Gasteiger partial charge in [0.05, 0.1) is 25.5 Å². The Bertz CT molecular complexity index is 380. The molecular formula is C15H25NO3. The van der Waals surface area contributed by atoms with Crippen molar-refractivity contribution in [1.82, 2.24) is 0 Å². The van der Waals surface area contributed by atoms with Crippen LogP contribution in [0.5, 0.6) is 17.2 Å². The Morgan fingerprint density at radius 1 is 0.789 bits per heavy atom. The second-order valence-corrected chi connectivity index (χ2v) is 4.36. The molecule has 0 saturated carbocycles. The molecule has 2 N–H and O–H groups in total. The van der Waals surface area contributed by atoms with Crippen LogP contribution < -0.4 is 19.9 Å². The summed E-state index contributed by atoms with van der Waals surface area (Å²) in [5, 5.41) is 0. The summed E-state index contributed by atoms with van der Waals surface area (Å²) in [6, 6.07) is 3.64. The highest BCUT2D eigenvalue weighted by atomic mass is 16.5. The number of nitrogens with two attached hydrogens (primary N) is 1. The molecule has 0 aliphatic carbocycles. The zero-order chi connectivity index (χ0) is 14.1. The van der Waals surface area contributed by atoms with Gasteiger partial charge < -0.3 is 19.9 Å². The normalized spacial score (nSPS) is 10.3. The Hall–Kier alpha value is -1.58. The fourth-order valence-electron chi connectivity index (χ4n) is 1.58. The van der Waals surface area contributed by atoms with Gasteiger partial charge in [0.1, 0.15) is 0 Å². The molecule has 108 valence electrons. The Kier molecular flexibility index (Phi) is 6.93. The van der Waals surface area contributed by atoms with E-state index in [0.717, 1.165) is 19.3 Å². The molecule has 0 aliphatic heterocycles. The Balaban J connectivity index is 3.00. The van der Waals surface area contributed by atoms with Gasteiger partial charge in [-0.05, 0) is 31.4 Å². The van der Waals surface area contributed by atoms with E-state index in [9.17, 15) is 0 Å². The van der Waals surface area contributed by atoms with Crippen molar-refractivity contribution in [1.29, 1.82) is 0 Å². The van der Waals surface area contributed by atoms with Gasteiger partial charge in [-0.3, -0.25) is 0 Å². The van der Waals surface area contributed by atoms with Crippen LogP contribution in [0.25, 0.3) is 0 Å². The van der Waals surface area contributed by atoms with E-state index in [4.69, 9.17) is 19.9 Å². The van der Waals surface area contributed by atoms with Gasteiger partial charge in [-0.2, -0.15) is 0 Å². The highest BCUT2D eigenvalue weighted by Crippen LogP contribution is 2.42. The fourth-order valence-corrected chi connectivity index (χ4v) is 1.58. The van der Waals surface area contributed by atoms with Gasteiger partial charge in [0, 0.05) is 0 Å². The lowest BCUT2D eigenvalue weighted by Gasteiger charge is -2.18. The quantitative estimate of drug-likeness (QED) is 0.694. The maximum absolute atomic E-state index is 5.97. The SMILES string of the molecule is CCCOc1ccc(N)c(OCCC)c1OCCC. The summed E-state index contributed by atoms with van der Waals surface area (Å²) < 4.78 is 17.2. The van der Waals surface area contributed by atoms with E-state index in [0.29, 0.717) is 42.8 Å². The van der Waals surface area contributed by atoms with E-state index in [1.807, 2.05) is 6.07 Å². The zero-order valence-corrected chi connectivity index (χ0v) is 12.2. The summed E-state index contributed by atoms with van der Waals surface area (Å²) in [4.78, 5) is 0. The van der Waals surface area contributed by atoms with E-state index < -0.39 is 0 Å². The van der Waals surface area contributed by atoms with Crippen LogP contribution in [0.4, 0.5) is 5.69 Å². The highest BCUT2D eigenvalue weighted by molar-refractivity contribution is 5.65. The van der Waals surface area contributed by atoms with Gasteiger partial charge in [0.2, 0.25) is 5.75 Å². The van der Waals surface area contributed by atoms with Crippen molar-refractivity contribution in [3.63, 3.8) is 0 Å². The Labute approximate surface area is 115 Å². The molecule has 0 spiro atoms. The van der Waals surface area contributed by atoms with Crippen molar-refractivity contribution < 1.29 is 14.2 Å². The molecule has 1 rings (SSSR count). The smallest absolute Gasteiger partial charge is 0.205 e. The number of hydrogen-bond donors (Lipinski definition) is 1. The molecule has 0 amide bonds. The summed E-state index contributed by atoms with van der Waals surface area (Å²) in [6.45, 7) is 8.07. The first-order valence-electron chi connectivity index (χ1n) is 7.05. The average Bonchev–Trinajstić information content (AvgIpc) is 2.42. The van der Waals surface area contributed by atoms with Crippen molar-refractivity contribution in [3.05, 3.63) is 12.1 Å². The third-order valence-electron chi connectivity index (χ3n) is 2.47. The van der Waals surface area contributed by atoms with Crippen molar-refractivity contribution in [2.75, 3.05) is 25.6 Å². The number of anilines is 1. The van der Waals surface area contributed by atoms with Crippen LogP contribution in [0.2, 0.25) is 0 Å². The van der Waals surface area contributed by atoms with Crippen molar-refractivity contribution in [3.8, 4) is 17.2 Å². The summed E-state index contributed by atoms with van der Waals surface area (Å²) in [5.74, 6) is 1.93. The molecule has 0 unspecified atom stereocenters.